The number of aromatic nitrogens is 1. The maximum atomic E-state index is 4.47. The Kier molecular flexibility index (Phi) is 8.46. The Morgan fingerprint density at radius 3 is 2.38 bits per heavy atom. The molecule has 1 aliphatic heterocycles. The Bertz CT molecular complexity index is 779. The van der Waals surface area contributed by atoms with Gasteiger partial charge in [0, 0.05) is 57.4 Å². The lowest BCUT2D eigenvalue weighted by Crippen LogP contribution is -2.45. The molecule has 1 aliphatic rings. The Balaban J connectivity index is 1.51. The molecule has 0 amide bonds. The molecule has 1 aromatic carbocycles. The summed E-state index contributed by atoms with van der Waals surface area (Å²) < 4.78 is 0. The maximum Gasteiger partial charge on any atom is 0.191 e. The van der Waals surface area contributed by atoms with Crippen LogP contribution in [0.15, 0.2) is 35.5 Å². The fraction of sp³-hybridized carbons (Fsp3) is 0.545. The Hall–Kier alpha value is -1.96. The van der Waals surface area contributed by atoms with Crippen LogP contribution in [0.1, 0.15) is 34.9 Å². The van der Waals surface area contributed by atoms with E-state index in [0.717, 1.165) is 50.1 Å². The van der Waals surface area contributed by atoms with E-state index in [1.54, 1.807) is 11.3 Å². The first kappa shape index (κ1) is 21.7. The van der Waals surface area contributed by atoms with Gasteiger partial charge in [0.25, 0.3) is 0 Å². The van der Waals surface area contributed by atoms with Gasteiger partial charge in [0.05, 0.1) is 6.54 Å². The van der Waals surface area contributed by atoms with Crippen LogP contribution in [0.2, 0.25) is 0 Å². The monoisotopic (exact) mass is 414 g/mol. The molecule has 0 radical (unpaired) electrons. The molecule has 1 fully saturated rings. The van der Waals surface area contributed by atoms with Crippen molar-refractivity contribution in [2.45, 2.75) is 39.9 Å². The second-order valence-electron chi connectivity index (χ2n) is 7.33. The molecule has 29 heavy (non-hydrogen) atoms. The van der Waals surface area contributed by atoms with Crippen molar-refractivity contribution in [1.82, 2.24) is 25.4 Å². The van der Waals surface area contributed by atoms with Crippen LogP contribution in [0, 0.1) is 0 Å². The lowest BCUT2D eigenvalue weighted by atomic mass is 10.1. The Morgan fingerprint density at radius 1 is 1.03 bits per heavy atom. The van der Waals surface area contributed by atoms with E-state index in [1.165, 1.54) is 29.1 Å². The largest absolute Gasteiger partial charge is 0.352 e. The third-order valence-corrected chi connectivity index (χ3v) is 6.59. The number of rotatable bonds is 8. The number of guanidine groups is 1. The van der Waals surface area contributed by atoms with Gasteiger partial charge in [-0.2, -0.15) is 0 Å². The highest BCUT2D eigenvalue weighted by molar-refractivity contribution is 7.11. The normalized spacial score (nSPS) is 16.2. The van der Waals surface area contributed by atoms with Crippen LogP contribution >= 0.6 is 11.3 Å². The van der Waals surface area contributed by atoms with Crippen LogP contribution in [-0.4, -0.2) is 60.5 Å². The second-order valence-corrected chi connectivity index (χ2v) is 8.53. The van der Waals surface area contributed by atoms with Crippen LogP contribution in [0.3, 0.4) is 0 Å². The number of hydrogen-bond acceptors (Lipinski definition) is 5. The van der Waals surface area contributed by atoms with E-state index in [1.807, 2.05) is 13.2 Å². The number of nitrogens with one attached hydrogen (secondary N) is 2. The molecule has 7 heteroatoms. The summed E-state index contributed by atoms with van der Waals surface area (Å²) in [4.78, 5) is 15.2. The minimum absolute atomic E-state index is 0.702. The van der Waals surface area contributed by atoms with Crippen molar-refractivity contribution in [3.63, 3.8) is 0 Å². The van der Waals surface area contributed by atoms with E-state index in [0.29, 0.717) is 6.54 Å². The van der Waals surface area contributed by atoms with Crippen molar-refractivity contribution in [2.75, 3.05) is 39.8 Å². The molecule has 158 valence electrons. The van der Waals surface area contributed by atoms with Gasteiger partial charge in [-0.25, -0.2) is 4.98 Å². The average Bonchev–Trinajstić information content (AvgIpc) is 3.23. The van der Waals surface area contributed by atoms with E-state index in [2.05, 4.69) is 68.5 Å². The van der Waals surface area contributed by atoms with Gasteiger partial charge >= 0.3 is 0 Å². The molecule has 6 nitrogen and oxygen atoms in total. The number of thiazole rings is 1. The standard InChI is InChI=1S/C22H34N6S/c1-4-20-15-24-21(29-20)16-26-22(23-3)25-14-18-8-6-7-9-19(18)17-28-12-10-27(5-2)11-13-28/h6-9,15H,4-5,10-14,16-17H2,1-3H3,(H2,23,25,26). The molecule has 1 aromatic heterocycles. The lowest BCUT2D eigenvalue weighted by molar-refractivity contribution is 0.131. The molecule has 0 bridgehead atoms. The molecule has 3 rings (SSSR count). The summed E-state index contributed by atoms with van der Waals surface area (Å²) >= 11 is 1.76. The zero-order chi connectivity index (χ0) is 20.5. The molecule has 0 unspecified atom stereocenters. The van der Waals surface area contributed by atoms with Gasteiger partial charge in [-0.3, -0.25) is 9.89 Å². The summed E-state index contributed by atoms with van der Waals surface area (Å²) in [6.45, 7) is 12.7. The maximum absolute atomic E-state index is 4.47. The molecule has 0 atom stereocenters. The van der Waals surface area contributed by atoms with Crippen molar-refractivity contribution in [3.8, 4) is 0 Å². The first-order chi connectivity index (χ1) is 14.2. The molecule has 0 spiro atoms. The fourth-order valence-electron chi connectivity index (χ4n) is 3.54. The van der Waals surface area contributed by atoms with Gasteiger partial charge in [-0.05, 0) is 24.1 Å². The number of aryl methyl sites for hydroxylation is 1. The molecular weight excluding hydrogens is 380 g/mol. The van der Waals surface area contributed by atoms with Gasteiger partial charge in [-0.15, -0.1) is 11.3 Å². The summed E-state index contributed by atoms with van der Waals surface area (Å²) in [6.07, 6.45) is 3.00. The van der Waals surface area contributed by atoms with Crippen molar-refractivity contribution in [3.05, 3.63) is 51.5 Å². The predicted molar refractivity (Wildman–Crippen MR) is 122 cm³/mol. The first-order valence-corrected chi connectivity index (χ1v) is 11.4. The molecule has 2 N–H and O–H groups in total. The van der Waals surface area contributed by atoms with Gasteiger partial charge in [0.1, 0.15) is 5.01 Å². The lowest BCUT2D eigenvalue weighted by Gasteiger charge is -2.34. The van der Waals surface area contributed by atoms with Gasteiger partial charge in [0.15, 0.2) is 5.96 Å². The van der Waals surface area contributed by atoms with Crippen molar-refractivity contribution in [1.29, 1.82) is 0 Å². The molecule has 0 saturated carbocycles. The van der Waals surface area contributed by atoms with E-state index in [4.69, 9.17) is 0 Å². The smallest absolute Gasteiger partial charge is 0.191 e. The number of hydrogen-bond donors (Lipinski definition) is 2. The zero-order valence-electron chi connectivity index (χ0n) is 17.9. The Morgan fingerprint density at radius 2 is 1.72 bits per heavy atom. The highest BCUT2D eigenvalue weighted by atomic mass is 32.1. The number of piperazine rings is 1. The van der Waals surface area contributed by atoms with Gasteiger partial charge in [-0.1, -0.05) is 38.1 Å². The van der Waals surface area contributed by atoms with Crippen molar-refractivity contribution >= 4 is 17.3 Å². The predicted octanol–water partition coefficient (Wildman–Crippen LogP) is 2.71. The summed E-state index contributed by atoms with van der Waals surface area (Å²) in [7, 11) is 1.81. The molecule has 2 heterocycles. The van der Waals surface area contributed by atoms with Crippen LogP contribution < -0.4 is 10.6 Å². The van der Waals surface area contributed by atoms with Gasteiger partial charge in [0.2, 0.25) is 0 Å². The highest BCUT2D eigenvalue weighted by Gasteiger charge is 2.16. The summed E-state index contributed by atoms with van der Waals surface area (Å²) in [5.41, 5.74) is 2.73. The van der Waals surface area contributed by atoms with Crippen LogP contribution in [-0.2, 0) is 26.1 Å². The molecule has 2 aromatic rings. The third kappa shape index (κ3) is 6.52. The Labute approximate surface area is 179 Å². The number of aliphatic imine (C=N–C) groups is 1. The summed E-state index contributed by atoms with van der Waals surface area (Å²) in [5.74, 6) is 0.810. The summed E-state index contributed by atoms with van der Waals surface area (Å²) in [5, 5.41) is 7.93. The van der Waals surface area contributed by atoms with E-state index < -0.39 is 0 Å². The fourth-order valence-corrected chi connectivity index (χ4v) is 4.34. The van der Waals surface area contributed by atoms with Crippen LogP contribution in [0.5, 0.6) is 0 Å². The van der Waals surface area contributed by atoms with Crippen LogP contribution in [0.25, 0.3) is 0 Å². The second kappa shape index (κ2) is 11.3. The molecular formula is C22H34N6S. The quantitative estimate of drug-likeness (QED) is 0.514. The zero-order valence-corrected chi connectivity index (χ0v) is 18.8. The van der Waals surface area contributed by atoms with Crippen molar-refractivity contribution in [2.24, 2.45) is 4.99 Å². The minimum Gasteiger partial charge on any atom is -0.352 e. The van der Waals surface area contributed by atoms with E-state index in [9.17, 15) is 0 Å². The summed E-state index contributed by atoms with van der Waals surface area (Å²) in [6, 6.07) is 8.73. The SMILES string of the molecule is CCc1cnc(CNC(=NC)NCc2ccccc2CN2CCN(CC)CC2)s1. The minimum atomic E-state index is 0.702. The third-order valence-electron chi connectivity index (χ3n) is 5.45. The highest BCUT2D eigenvalue weighted by Crippen LogP contribution is 2.14. The number of likely N-dealkylation sites (N-methyl/N-ethyl adjacent to an activating group) is 1. The van der Waals surface area contributed by atoms with Gasteiger partial charge < -0.3 is 15.5 Å². The van der Waals surface area contributed by atoms with Crippen molar-refractivity contribution < 1.29 is 0 Å². The number of benzene rings is 1. The number of nitrogens with zero attached hydrogens (tertiary/aromatic N) is 4. The van der Waals surface area contributed by atoms with Crippen LogP contribution in [0.4, 0.5) is 0 Å². The average molecular weight is 415 g/mol. The van der Waals surface area contributed by atoms with E-state index >= 15 is 0 Å². The molecule has 0 aliphatic carbocycles. The molecule has 1 saturated heterocycles. The van der Waals surface area contributed by atoms with E-state index in [-0.39, 0.29) is 0 Å². The topological polar surface area (TPSA) is 55.8 Å². The first-order valence-electron chi connectivity index (χ1n) is 10.6.